The lowest BCUT2D eigenvalue weighted by Gasteiger charge is -2.46. The normalized spacial score (nSPS) is 23.8. The fourth-order valence-electron chi connectivity index (χ4n) is 4.21. The number of likely N-dealkylation sites (N-methyl/N-ethyl adjacent to an activating group) is 1. The maximum Gasteiger partial charge on any atom is 0.241 e. The number of anilines is 1. The number of sulfonamides is 1. The monoisotopic (exact) mass is 417 g/mol. The Bertz CT molecular complexity index is 1010. The Morgan fingerprint density at radius 3 is 2.55 bits per heavy atom. The zero-order valence-corrected chi connectivity index (χ0v) is 17.1. The van der Waals surface area contributed by atoms with Gasteiger partial charge in [0.2, 0.25) is 15.9 Å². The van der Waals surface area contributed by atoms with Crippen LogP contribution in [0.3, 0.4) is 0 Å². The summed E-state index contributed by atoms with van der Waals surface area (Å²) in [5, 5.41) is 0. The first kappa shape index (κ1) is 20.0. The maximum atomic E-state index is 13.7. The Kier molecular flexibility index (Phi) is 5.18. The van der Waals surface area contributed by atoms with Crippen molar-refractivity contribution < 1.29 is 17.6 Å². The van der Waals surface area contributed by atoms with Crippen molar-refractivity contribution in [3.05, 3.63) is 66.0 Å². The number of carbonyl (C=O) groups is 1. The molecule has 2 heterocycles. The van der Waals surface area contributed by atoms with Gasteiger partial charge in [-0.1, -0.05) is 36.4 Å². The number of carbonyl (C=O) groups excluding carboxylic acids is 1. The zero-order valence-electron chi connectivity index (χ0n) is 16.3. The van der Waals surface area contributed by atoms with Gasteiger partial charge >= 0.3 is 0 Å². The molecular weight excluding hydrogens is 393 g/mol. The molecule has 1 unspecified atom stereocenters. The van der Waals surface area contributed by atoms with E-state index in [1.807, 2.05) is 30.1 Å². The minimum atomic E-state index is -3.47. The van der Waals surface area contributed by atoms with Crippen molar-refractivity contribution in [2.75, 3.05) is 38.1 Å². The van der Waals surface area contributed by atoms with Crippen molar-refractivity contribution in [1.82, 2.24) is 9.21 Å². The van der Waals surface area contributed by atoms with E-state index >= 15 is 0 Å². The van der Waals surface area contributed by atoms with E-state index < -0.39 is 21.4 Å². The molecule has 2 aliphatic heterocycles. The molecule has 4 rings (SSSR count). The molecule has 0 bridgehead atoms. The number of hydrogen-bond donors (Lipinski definition) is 0. The summed E-state index contributed by atoms with van der Waals surface area (Å²) >= 11 is 0. The predicted molar refractivity (Wildman–Crippen MR) is 109 cm³/mol. The van der Waals surface area contributed by atoms with E-state index in [1.165, 1.54) is 16.4 Å². The van der Waals surface area contributed by atoms with E-state index in [1.54, 1.807) is 29.2 Å². The molecule has 8 heteroatoms. The maximum absolute atomic E-state index is 13.7. The van der Waals surface area contributed by atoms with Crippen LogP contribution < -0.4 is 4.90 Å². The summed E-state index contributed by atoms with van der Waals surface area (Å²) in [5.41, 5.74) is 0.777. The highest BCUT2D eigenvalue weighted by Crippen LogP contribution is 2.35. The smallest absolute Gasteiger partial charge is 0.241 e. The third kappa shape index (κ3) is 3.92. The number of benzene rings is 2. The van der Waals surface area contributed by atoms with Crippen molar-refractivity contribution in [1.29, 1.82) is 0 Å². The van der Waals surface area contributed by atoms with Crippen molar-refractivity contribution in [2.24, 2.45) is 0 Å². The summed E-state index contributed by atoms with van der Waals surface area (Å²) in [6, 6.07) is 15.1. The molecule has 0 saturated carbocycles. The molecule has 0 radical (unpaired) electrons. The first-order chi connectivity index (χ1) is 13.8. The number of piperazine rings is 1. The van der Waals surface area contributed by atoms with Crippen LogP contribution >= 0.6 is 0 Å². The zero-order chi connectivity index (χ0) is 20.6. The van der Waals surface area contributed by atoms with Gasteiger partial charge in [-0.15, -0.1) is 0 Å². The van der Waals surface area contributed by atoms with Crippen molar-refractivity contribution >= 4 is 21.6 Å². The molecule has 2 fully saturated rings. The van der Waals surface area contributed by atoms with E-state index in [2.05, 4.69) is 0 Å². The molecule has 0 aliphatic carbocycles. The second kappa shape index (κ2) is 7.51. The standard InChI is InChI=1S/C21H24FN3O3S/c1-23-13-20(26)25(19-9-5-8-18(22)12-19)16-21(23)10-11-24(15-21)29(27,28)14-17-6-3-2-4-7-17/h2-9,12H,10-11,13-16H2,1H3. The second-order valence-corrected chi connectivity index (χ2v) is 9.83. The van der Waals surface area contributed by atoms with Crippen LogP contribution in [0, 0.1) is 5.82 Å². The van der Waals surface area contributed by atoms with Gasteiger partial charge in [0.1, 0.15) is 5.82 Å². The molecule has 154 valence electrons. The number of amides is 1. The van der Waals surface area contributed by atoms with Gasteiger partial charge in [0.15, 0.2) is 0 Å². The van der Waals surface area contributed by atoms with Crippen LogP contribution in [0.4, 0.5) is 10.1 Å². The average Bonchev–Trinajstić information content (AvgIpc) is 3.12. The third-order valence-corrected chi connectivity index (χ3v) is 7.73. The second-order valence-electron chi connectivity index (χ2n) is 7.87. The minimum absolute atomic E-state index is 0.0415. The van der Waals surface area contributed by atoms with Crippen molar-refractivity contribution in [2.45, 2.75) is 17.7 Å². The minimum Gasteiger partial charge on any atom is -0.309 e. The Hall–Kier alpha value is -2.29. The quantitative estimate of drug-likeness (QED) is 0.764. The van der Waals surface area contributed by atoms with E-state index in [0.29, 0.717) is 31.7 Å². The van der Waals surface area contributed by atoms with E-state index in [4.69, 9.17) is 0 Å². The van der Waals surface area contributed by atoms with Crippen LogP contribution in [-0.4, -0.2) is 62.3 Å². The van der Waals surface area contributed by atoms with Crippen LogP contribution in [0.5, 0.6) is 0 Å². The Labute approximate surface area is 170 Å². The topological polar surface area (TPSA) is 60.9 Å². The summed E-state index contributed by atoms with van der Waals surface area (Å²) < 4.78 is 41.2. The Morgan fingerprint density at radius 2 is 1.83 bits per heavy atom. The van der Waals surface area contributed by atoms with E-state index in [0.717, 1.165) is 5.56 Å². The SMILES string of the molecule is CN1CC(=O)N(c2cccc(F)c2)CC12CCN(S(=O)(=O)Cc1ccccc1)C2. The van der Waals surface area contributed by atoms with Crippen molar-refractivity contribution in [3.63, 3.8) is 0 Å². The lowest BCUT2D eigenvalue weighted by molar-refractivity contribution is -0.123. The molecule has 1 amide bonds. The third-order valence-electron chi connectivity index (χ3n) is 5.94. The number of hydrogen-bond acceptors (Lipinski definition) is 4. The van der Waals surface area contributed by atoms with E-state index in [-0.39, 0.29) is 18.2 Å². The highest BCUT2D eigenvalue weighted by atomic mass is 32.2. The lowest BCUT2D eigenvalue weighted by atomic mass is 9.92. The summed E-state index contributed by atoms with van der Waals surface area (Å²) in [6.07, 6.45) is 0.622. The van der Waals surface area contributed by atoms with Crippen LogP contribution in [0.15, 0.2) is 54.6 Å². The van der Waals surface area contributed by atoms with Crippen molar-refractivity contribution in [3.8, 4) is 0 Å². The average molecular weight is 418 g/mol. The molecule has 2 aliphatic rings. The number of rotatable bonds is 4. The molecule has 6 nitrogen and oxygen atoms in total. The lowest BCUT2D eigenvalue weighted by Crippen LogP contribution is -2.64. The summed E-state index contributed by atoms with van der Waals surface area (Å²) in [7, 11) is -1.62. The molecule has 2 aromatic carbocycles. The summed E-state index contributed by atoms with van der Waals surface area (Å²) in [5.74, 6) is -0.559. The van der Waals surface area contributed by atoms with Gasteiger partial charge in [-0.05, 0) is 37.2 Å². The molecule has 2 saturated heterocycles. The molecule has 0 aromatic heterocycles. The van der Waals surface area contributed by atoms with Crippen LogP contribution in [-0.2, 0) is 20.6 Å². The first-order valence-corrected chi connectivity index (χ1v) is 11.2. The Morgan fingerprint density at radius 1 is 1.07 bits per heavy atom. The highest BCUT2D eigenvalue weighted by molar-refractivity contribution is 7.88. The Balaban J connectivity index is 1.55. The molecular formula is C21H24FN3O3S. The summed E-state index contributed by atoms with van der Waals surface area (Å²) in [4.78, 5) is 16.1. The molecule has 1 atom stereocenters. The van der Waals surface area contributed by atoms with Crippen LogP contribution in [0.1, 0.15) is 12.0 Å². The van der Waals surface area contributed by atoms with Gasteiger partial charge in [-0.2, -0.15) is 4.31 Å². The largest absolute Gasteiger partial charge is 0.309 e. The number of halogens is 1. The van der Waals surface area contributed by atoms with Gasteiger partial charge in [-0.3, -0.25) is 9.69 Å². The van der Waals surface area contributed by atoms with Gasteiger partial charge < -0.3 is 4.90 Å². The molecule has 2 aromatic rings. The molecule has 0 N–H and O–H groups in total. The van der Waals surface area contributed by atoms with Gasteiger partial charge in [0, 0.05) is 25.3 Å². The van der Waals surface area contributed by atoms with Crippen LogP contribution in [0.25, 0.3) is 0 Å². The van der Waals surface area contributed by atoms with E-state index in [9.17, 15) is 17.6 Å². The van der Waals surface area contributed by atoms with Gasteiger partial charge in [-0.25, -0.2) is 12.8 Å². The fourth-order valence-corrected chi connectivity index (χ4v) is 5.81. The molecule has 1 spiro atoms. The number of nitrogens with zero attached hydrogens (tertiary/aromatic N) is 3. The first-order valence-electron chi connectivity index (χ1n) is 9.58. The highest BCUT2D eigenvalue weighted by Gasteiger charge is 2.50. The van der Waals surface area contributed by atoms with Gasteiger partial charge in [0.05, 0.1) is 17.8 Å². The van der Waals surface area contributed by atoms with Crippen LogP contribution in [0.2, 0.25) is 0 Å². The summed E-state index contributed by atoms with van der Waals surface area (Å²) in [6.45, 7) is 1.23. The molecule has 29 heavy (non-hydrogen) atoms. The predicted octanol–water partition coefficient (Wildman–Crippen LogP) is 2.08. The fraction of sp³-hybridized carbons (Fsp3) is 0.381. The van der Waals surface area contributed by atoms with Gasteiger partial charge in [0.25, 0.3) is 0 Å².